The summed E-state index contributed by atoms with van der Waals surface area (Å²) < 4.78 is 51.3. The van der Waals surface area contributed by atoms with Gasteiger partial charge in [-0.25, -0.2) is 9.37 Å². The summed E-state index contributed by atoms with van der Waals surface area (Å²) >= 11 is 0. The molecule has 0 saturated heterocycles. The summed E-state index contributed by atoms with van der Waals surface area (Å²) in [6.45, 7) is 1.62. The van der Waals surface area contributed by atoms with Gasteiger partial charge in [0.15, 0.2) is 0 Å². The molecule has 0 unspecified atom stereocenters. The van der Waals surface area contributed by atoms with Crippen LogP contribution in [0.4, 0.5) is 35.0 Å². The lowest BCUT2D eigenvalue weighted by Crippen LogP contribution is -2.07. The molecule has 1 aromatic heterocycles. The second kappa shape index (κ2) is 4.95. The molecule has 20 heavy (non-hydrogen) atoms. The lowest BCUT2D eigenvalue weighted by atomic mass is 10.2. The van der Waals surface area contributed by atoms with Crippen LogP contribution >= 0.6 is 0 Å². The van der Waals surface area contributed by atoms with Crippen LogP contribution in [-0.2, 0) is 6.18 Å². The first-order valence-corrected chi connectivity index (χ1v) is 5.50. The van der Waals surface area contributed by atoms with Crippen LogP contribution in [0.5, 0.6) is 0 Å². The summed E-state index contributed by atoms with van der Waals surface area (Å²) in [5.41, 5.74) is 4.62. The zero-order valence-corrected chi connectivity index (χ0v) is 10.3. The molecule has 0 spiro atoms. The minimum Gasteiger partial charge on any atom is -0.368 e. The zero-order chi connectivity index (χ0) is 14.9. The summed E-state index contributed by atoms with van der Waals surface area (Å²) in [4.78, 5) is 7.52. The van der Waals surface area contributed by atoms with E-state index in [9.17, 15) is 17.6 Å². The van der Waals surface area contributed by atoms with Gasteiger partial charge in [-0.15, -0.1) is 0 Å². The van der Waals surface area contributed by atoms with Gasteiger partial charge in [-0.3, -0.25) is 0 Å². The molecule has 1 aromatic carbocycles. The lowest BCUT2D eigenvalue weighted by molar-refractivity contribution is -0.137. The van der Waals surface area contributed by atoms with E-state index in [0.717, 1.165) is 6.07 Å². The van der Waals surface area contributed by atoms with Gasteiger partial charge in [0.2, 0.25) is 5.95 Å². The normalized spacial score (nSPS) is 11.4. The van der Waals surface area contributed by atoms with E-state index in [1.54, 1.807) is 6.92 Å². The number of nitrogens with zero attached hydrogens (tertiary/aromatic N) is 2. The van der Waals surface area contributed by atoms with E-state index < -0.39 is 17.6 Å². The minimum atomic E-state index is -4.55. The molecule has 0 saturated carbocycles. The zero-order valence-electron chi connectivity index (χ0n) is 10.3. The molecule has 2 rings (SSSR count). The summed E-state index contributed by atoms with van der Waals surface area (Å²) in [7, 11) is 0. The standard InChI is InChI=1S/C12H10F4N4/c1-6-5-18-11(17)20-10(6)19-9-4-7(12(14,15)16)2-3-8(9)13/h2-5H,1H3,(H3,17,18,19,20). The monoisotopic (exact) mass is 286 g/mol. The van der Waals surface area contributed by atoms with Gasteiger partial charge in [0, 0.05) is 11.8 Å². The van der Waals surface area contributed by atoms with Crippen LogP contribution in [0.1, 0.15) is 11.1 Å². The fourth-order valence-corrected chi connectivity index (χ4v) is 1.51. The number of aromatic nitrogens is 2. The van der Waals surface area contributed by atoms with Crippen LogP contribution in [0.15, 0.2) is 24.4 Å². The third-order valence-corrected chi connectivity index (χ3v) is 2.54. The Kier molecular flexibility index (Phi) is 3.47. The molecule has 0 atom stereocenters. The number of rotatable bonds is 2. The van der Waals surface area contributed by atoms with Gasteiger partial charge in [-0.1, -0.05) is 0 Å². The molecule has 8 heteroatoms. The van der Waals surface area contributed by atoms with Crippen LogP contribution < -0.4 is 11.1 Å². The van der Waals surface area contributed by atoms with E-state index in [2.05, 4.69) is 15.3 Å². The molecule has 1 heterocycles. The van der Waals surface area contributed by atoms with Crippen molar-refractivity contribution in [3.8, 4) is 0 Å². The summed E-state index contributed by atoms with van der Waals surface area (Å²) in [5.74, 6) is -0.740. The van der Waals surface area contributed by atoms with Crippen LogP contribution in [0.2, 0.25) is 0 Å². The van der Waals surface area contributed by atoms with Crippen LogP contribution in [0, 0.1) is 12.7 Å². The molecule has 0 aliphatic carbocycles. The number of nitrogen functional groups attached to an aromatic ring is 1. The van der Waals surface area contributed by atoms with Crippen molar-refractivity contribution in [3.63, 3.8) is 0 Å². The van der Waals surface area contributed by atoms with Crippen molar-refractivity contribution in [1.82, 2.24) is 9.97 Å². The average molecular weight is 286 g/mol. The molecule has 4 nitrogen and oxygen atoms in total. The molecule has 0 aliphatic heterocycles. The summed E-state index contributed by atoms with van der Waals surface area (Å²) in [6.07, 6.45) is -3.17. The molecule has 0 radical (unpaired) electrons. The van der Waals surface area contributed by atoms with Gasteiger partial charge in [-0.2, -0.15) is 18.2 Å². The number of nitrogens with two attached hydrogens (primary N) is 1. The highest BCUT2D eigenvalue weighted by atomic mass is 19.4. The molecule has 106 valence electrons. The highest BCUT2D eigenvalue weighted by Gasteiger charge is 2.31. The highest BCUT2D eigenvalue weighted by Crippen LogP contribution is 2.32. The van der Waals surface area contributed by atoms with E-state index in [0.29, 0.717) is 17.7 Å². The molecule has 0 bridgehead atoms. The van der Waals surface area contributed by atoms with Crippen molar-refractivity contribution in [2.45, 2.75) is 13.1 Å². The Bertz CT molecular complexity index is 640. The maximum Gasteiger partial charge on any atom is 0.416 e. The van der Waals surface area contributed by atoms with Crippen molar-refractivity contribution in [1.29, 1.82) is 0 Å². The Morgan fingerprint density at radius 1 is 1.25 bits per heavy atom. The smallest absolute Gasteiger partial charge is 0.368 e. The maximum absolute atomic E-state index is 13.6. The Hall–Kier alpha value is -2.38. The Balaban J connectivity index is 2.40. The van der Waals surface area contributed by atoms with E-state index >= 15 is 0 Å². The second-order valence-corrected chi connectivity index (χ2v) is 4.08. The first-order valence-electron chi connectivity index (χ1n) is 5.50. The van der Waals surface area contributed by atoms with E-state index in [4.69, 9.17) is 5.73 Å². The number of benzene rings is 1. The molecule has 0 amide bonds. The Labute approximate surface area is 111 Å². The van der Waals surface area contributed by atoms with Crippen LogP contribution in [0.3, 0.4) is 0 Å². The summed E-state index contributed by atoms with van der Waals surface area (Å²) in [6, 6.07) is 2.08. The SMILES string of the molecule is Cc1cnc(N)nc1Nc1cc(C(F)(F)F)ccc1F. The van der Waals surface area contributed by atoms with Gasteiger partial charge in [0.05, 0.1) is 11.3 Å². The molecule has 0 aliphatic rings. The Morgan fingerprint density at radius 3 is 2.60 bits per heavy atom. The van der Waals surface area contributed by atoms with Gasteiger partial charge < -0.3 is 11.1 Å². The van der Waals surface area contributed by atoms with Crippen LogP contribution in [0.25, 0.3) is 0 Å². The topological polar surface area (TPSA) is 63.8 Å². The highest BCUT2D eigenvalue weighted by molar-refractivity contribution is 5.61. The van der Waals surface area contributed by atoms with Crippen molar-refractivity contribution >= 4 is 17.5 Å². The van der Waals surface area contributed by atoms with E-state index in [1.165, 1.54) is 6.20 Å². The van der Waals surface area contributed by atoms with Crippen molar-refractivity contribution in [2.24, 2.45) is 0 Å². The van der Waals surface area contributed by atoms with Crippen molar-refractivity contribution in [2.75, 3.05) is 11.1 Å². The minimum absolute atomic E-state index is 0.0644. The third kappa shape index (κ3) is 2.95. The Morgan fingerprint density at radius 2 is 1.95 bits per heavy atom. The molecular weight excluding hydrogens is 276 g/mol. The average Bonchev–Trinajstić information content (AvgIpc) is 2.35. The number of nitrogens with one attached hydrogen (secondary N) is 1. The fraction of sp³-hybridized carbons (Fsp3) is 0.167. The lowest BCUT2D eigenvalue weighted by Gasteiger charge is -2.12. The van der Waals surface area contributed by atoms with Crippen molar-refractivity contribution < 1.29 is 17.6 Å². The number of halogens is 4. The molecule has 3 N–H and O–H groups in total. The largest absolute Gasteiger partial charge is 0.416 e. The van der Waals surface area contributed by atoms with Gasteiger partial charge in [0.1, 0.15) is 11.6 Å². The van der Waals surface area contributed by atoms with Gasteiger partial charge in [0.25, 0.3) is 0 Å². The predicted octanol–water partition coefficient (Wildman–Crippen LogP) is 3.27. The first-order chi connectivity index (χ1) is 9.27. The number of aryl methyl sites for hydroxylation is 1. The van der Waals surface area contributed by atoms with Gasteiger partial charge >= 0.3 is 6.18 Å². The molecule has 2 aromatic rings. The number of alkyl halides is 3. The van der Waals surface area contributed by atoms with Crippen LogP contribution in [-0.4, -0.2) is 9.97 Å². The maximum atomic E-state index is 13.6. The van der Waals surface area contributed by atoms with Gasteiger partial charge in [-0.05, 0) is 25.1 Å². The quantitative estimate of drug-likeness (QED) is 0.832. The number of hydrogen-bond donors (Lipinski definition) is 2. The summed E-state index contributed by atoms with van der Waals surface area (Å²) in [5, 5.41) is 2.49. The third-order valence-electron chi connectivity index (χ3n) is 2.54. The molecular formula is C12H10F4N4. The number of hydrogen-bond acceptors (Lipinski definition) is 4. The second-order valence-electron chi connectivity index (χ2n) is 4.08. The van der Waals surface area contributed by atoms with Crippen molar-refractivity contribution in [3.05, 3.63) is 41.3 Å². The fourth-order valence-electron chi connectivity index (χ4n) is 1.51. The number of anilines is 3. The first kappa shape index (κ1) is 14.0. The molecule has 0 fully saturated rings. The predicted molar refractivity (Wildman–Crippen MR) is 65.9 cm³/mol. The van der Waals surface area contributed by atoms with E-state index in [1.807, 2.05) is 0 Å². The van der Waals surface area contributed by atoms with E-state index in [-0.39, 0.29) is 17.5 Å².